The first-order valence-electron chi connectivity index (χ1n) is 13.9. The van der Waals surface area contributed by atoms with Crippen LogP contribution in [0, 0.1) is 0 Å². The molecule has 0 saturated carbocycles. The molecule has 43 heavy (non-hydrogen) atoms. The van der Waals surface area contributed by atoms with Crippen molar-refractivity contribution < 1.29 is 27.9 Å². The molecule has 8 heteroatoms. The Labute approximate surface area is 251 Å². The van der Waals surface area contributed by atoms with E-state index in [1.54, 1.807) is 48.5 Å². The summed E-state index contributed by atoms with van der Waals surface area (Å²) in [7, 11) is -4.10. The molecule has 0 heterocycles. The smallest absolute Gasteiger partial charge is 0.453 e. The lowest BCUT2D eigenvalue weighted by Crippen LogP contribution is -2.39. The van der Waals surface area contributed by atoms with E-state index in [4.69, 9.17) is 18.5 Å². The molecule has 5 rings (SSSR count). The van der Waals surface area contributed by atoms with E-state index in [0.717, 1.165) is 16.7 Å². The molecule has 0 radical (unpaired) electrons. The quantitative estimate of drug-likeness (QED) is 0.138. The number of benzene rings is 5. The first kappa shape index (κ1) is 29.5. The van der Waals surface area contributed by atoms with Crippen LogP contribution in [0.25, 0.3) is 0 Å². The molecule has 5 aromatic carbocycles. The number of alkyl carbamates (subject to hydrolysis) is 1. The summed E-state index contributed by atoms with van der Waals surface area (Å²) in [5.41, 5.74) is 2.67. The Kier molecular flexibility index (Phi) is 10.1. The summed E-state index contributed by atoms with van der Waals surface area (Å²) in [6.07, 6.45) is -0.610. The summed E-state index contributed by atoms with van der Waals surface area (Å²) in [6, 6.07) is 44.1. The molecule has 218 valence electrons. The van der Waals surface area contributed by atoms with Gasteiger partial charge >= 0.3 is 13.7 Å². The van der Waals surface area contributed by atoms with Crippen molar-refractivity contribution in [2.45, 2.75) is 25.4 Å². The molecule has 0 aliphatic rings. The molecule has 0 fully saturated rings. The second-order valence-corrected chi connectivity index (χ2v) is 11.8. The van der Waals surface area contributed by atoms with Crippen LogP contribution in [0.4, 0.5) is 4.79 Å². The molecule has 7 nitrogen and oxygen atoms in total. The zero-order chi connectivity index (χ0) is 29.7. The minimum Gasteiger partial charge on any atom is -0.489 e. The van der Waals surface area contributed by atoms with Gasteiger partial charge in [0.05, 0.1) is 0 Å². The molecule has 0 saturated heterocycles. The second-order valence-electron chi connectivity index (χ2n) is 9.69. The highest BCUT2D eigenvalue weighted by Crippen LogP contribution is 2.53. The maximum Gasteiger partial charge on any atom is 0.453 e. The first-order chi connectivity index (χ1) is 21.1. The highest BCUT2D eigenvalue weighted by atomic mass is 31.2. The minimum atomic E-state index is -4.10. The van der Waals surface area contributed by atoms with Gasteiger partial charge in [-0.2, -0.15) is 0 Å². The Bertz CT molecular complexity index is 1560. The van der Waals surface area contributed by atoms with E-state index < -0.39 is 19.5 Å². The average molecular weight is 594 g/mol. The lowest BCUT2D eigenvalue weighted by molar-refractivity contribution is 0.137. The van der Waals surface area contributed by atoms with Crippen molar-refractivity contribution in [1.29, 1.82) is 0 Å². The third-order valence-electron chi connectivity index (χ3n) is 6.43. The largest absolute Gasteiger partial charge is 0.489 e. The maximum atomic E-state index is 14.7. The number of amides is 1. The number of hydrogen-bond donors (Lipinski definition) is 1. The molecule has 1 amide bonds. The molecule has 0 aliphatic carbocycles. The van der Waals surface area contributed by atoms with Crippen LogP contribution in [0.2, 0.25) is 0 Å². The van der Waals surface area contributed by atoms with Crippen LogP contribution in [0.3, 0.4) is 0 Å². The Hall–Kier alpha value is -5.00. The number of carbonyl (C=O) groups is 1. The van der Waals surface area contributed by atoms with Crippen molar-refractivity contribution in [2.24, 2.45) is 0 Å². The summed E-state index contributed by atoms with van der Waals surface area (Å²) < 4.78 is 38.2. The van der Waals surface area contributed by atoms with Crippen molar-refractivity contribution in [3.63, 3.8) is 0 Å². The third kappa shape index (κ3) is 8.99. The molecule has 5 aromatic rings. The van der Waals surface area contributed by atoms with Crippen molar-refractivity contribution in [1.82, 2.24) is 5.32 Å². The lowest BCUT2D eigenvalue weighted by atomic mass is 10.1. The Morgan fingerprint density at radius 3 is 1.53 bits per heavy atom. The highest BCUT2D eigenvalue weighted by Gasteiger charge is 2.41. The van der Waals surface area contributed by atoms with E-state index in [0.29, 0.717) is 23.9 Å². The Morgan fingerprint density at radius 1 is 0.558 bits per heavy atom. The molecule has 1 N–H and O–H groups in total. The molecule has 0 spiro atoms. The van der Waals surface area contributed by atoms with Crippen LogP contribution >= 0.6 is 7.60 Å². The van der Waals surface area contributed by atoms with Gasteiger partial charge < -0.3 is 23.8 Å². The summed E-state index contributed by atoms with van der Waals surface area (Å²) in [5, 5.41) is 2.77. The van der Waals surface area contributed by atoms with Crippen molar-refractivity contribution >= 4 is 13.7 Å². The monoisotopic (exact) mass is 593 g/mol. The fourth-order valence-electron chi connectivity index (χ4n) is 4.23. The second kappa shape index (κ2) is 14.8. The topological polar surface area (TPSA) is 83.1 Å². The van der Waals surface area contributed by atoms with E-state index in [1.807, 2.05) is 97.1 Å². The third-order valence-corrected chi connectivity index (χ3v) is 8.44. The van der Waals surface area contributed by atoms with E-state index in [9.17, 15) is 9.36 Å². The van der Waals surface area contributed by atoms with Gasteiger partial charge in [-0.1, -0.05) is 109 Å². The van der Waals surface area contributed by atoms with Crippen LogP contribution in [0.5, 0.6) is 17.2 Å². The number of ether oxygens (including phenoxy) is 2. The zero-order valence-corrected chi connectivity index (χ0v) is 24.3. The summed E-state index contributed by atoms with van der Waals surface area (Å²) in [6.45, 7) is 0.485. The van der Waals surface area contributed by atoms with Crippen LogP contribution in [0.1, 0.15) is 16.7 Å². The molecular weight excluding hydrogens is 561 g/mol. The maximum absolute atomic E-state index is 14.7. The number of rotatable bonds is 13. The standard InChI is InChI=1S/C35H32NO6P/c37-35(40-27-30-15-7-2-8-16-30)36-34(25-28-21-23-31(24-22-28)39-26-29-13-5-1-6-14-29)43(38,41-32-17-9-3-10-18-32)42-33-19-11-4-12-20-33/h1-24,34H,25-27H2,(H,36,37). The van der Waals surface area contributed by atoms with E-state index in [2.05, 4.69) is 5.32 Å². The molecule has 0 aliphatic heterocycles. The van der Waals surface area contributed by atoms with E-state index in [-0.39, 0.29) is 13.0 Å². The van der Waals surface area contributed by atoms with Gasteiger partial charge in [0.1, 0.15) is 30.5 Å². The molecule has 1 unspecified atom stereocenters. The van der Waals surface area contributed by atoms with Gasteiger partial charge in [0.25, 0.3) is 0 Å². The van der Waals surface area contributed by atoms with E-state index in [1.165, 1.54) is 0 Å². The number of hydrogen-bond acceptors (Lipinski definition) is 6. The van der Waals surface area contributed by atoms with Gasteiger partial charge in [0.2, 0.25) is 0 Å². The van der Waals surface area contributed by atoms with Gasteiger partial charge in [-0.3, -0.25) is 0 Å². The fourth-order valence-corrected chi connectivity index (χ4v) is 6.05. The fraction of sp³-hybridized carbons (Fsp3) is 0.114. The highest BCUT2D eigenvalue weighted by molar-refractivity contribution is 7.55. The van der Waals surface area contributed by atoms with Gasteiger partial charge in [-0.05, 0) is 53.1 Å². The van der Waals surface area contributed by atoms with Crippen molar-refractivity contribution in [3.8, 4) is 17.2 Å². The lowest BCUT2D eigenvalue weighted by Gasteiger charge is -2.28. The van der Waals surface area contributed by atoms with Crippen molar-refractivity contribution in [2.75, 3.05) is 0 Å². The molecule has 0 bridgehead atoms. The average Bonchev–Trinajstić information content (AvgIpc) is 3.05. The van der Waals surface area contributed by atoms with Gasteiger partial charge in [-0.25, -0.2) is 9.36 Å². The predicted molar refractivity (Wildman–Crippen MR) is 166 cm³/mol. The number of para-hydroxylation sites is 2. The van der Waals surface area contributed by atoms with Crippen molar-refractivity contribution in [3.05, 3.63) is 162 Å². The molecular formula is C35H32NO6P. The minimum absolute atomic E-state index is 0.0518. The zero-order valence-electron chi connectivity index (χ0n) is 23.5. The summed E-state index contributed by atoms with van der Waals surface area (Å²) >= 11 is 0. The van der Waals surface area contributed by atoms with Crippen LogP contribution in [-0.4, -0.2) is 11.9 Å². The molecule has 1 atom stereocenters. The van der Waals surface area contributed by atoms with E-state index >= 15 is 0 Å². The normalized spacial score (nSPS) is 11.6. The van der Waals surface area contributed by atoms with Gasteiger partial charge in [0, 0.05) is 6.42 Å². The number of nitrogens with one attached hydrogen (secondary N) is 1. The summed E-state index contributed by atoms with van der Waals surface area (Å²) in [5.74, 6) is 0.280. The Balaban J connectivity index is 1.38. The van der Waals surface area contributed by atoms with Crippen LogP contribution in [-0.2, 0) is 28.9 Å². The Morgan fingerprint density at radius 2 is 1.02 bits per heavy atom. The van der Waals surface area contributed by atoms with Crippen LogP contribution < -0.4 is 19.1 Å². The predicted octanol–water partition coefficient (Wildman–Crippen LogP) is 8.41. The van der Waals surface area contributed by atoms with Gasteiger partial charge in [-0.15, -0.1) is 0 Å². The number of carbonyl (C=O) groups excluding carboxylic acids is 1. The molecule has 0 aromatic heterocycles. The SMILES string of the molecule is O=C(NC(Cc1ccc(OCc2ccccc2)cc1)P(=O)(Oc1ccccc1)Oc1ccccc1)OCc1ccccc1. The summed E-state index contributed by atoms with van der Waals surface area (Å²) in [4.78, 5) is 13.1. The first-order valence-corrected chi connectivity index (χ1v) is 15.5. The van der Waals surface area contributed by atoms with Crippen LogP contribution in [0.15, 0.2) is 146 Å². The van der Waals surface area contributed by atoms with Gasteiger partial charge in [0.15, 0.2) is 5.78 Å².